The molecule has 2 aromatic carbocycles. The lowest BCUT2D eigenvalue weighted by Gasteiger charge is -2.03. The number of carbonyl (C=O) groups excluding carboxylic acids is 1. The van der Waals surface area contributed by atoms with Gasteiger partial charge in [0, 0.05) is 15.7 Å². The van der Waals surface area contributed by atoms with Gasteiger partial charge in [0.05, 0.1) is 5.75 Å². The van der Waals surface area contributed by atoms with Gasteiger partial charge in [-0.15, -0.1) is 5.10 Å². The molecular formula is C17H15BrN4OS. The van der Waals surface area contributed by atoms with Crippen molar-refractivity contribution >= 4 is 39.3 Å². The Morgan fingerprint density at radius 3 is 2.58 bits per heavy atom. The van der Waals surface area contributed by atoms with Crippen molar-refractivity contribution in [2.75, 3.05) is 11.1 Å². The highest BCUT2D eigenvalue weighted by atomic mass is 79.9. The summed E-state index contributed by atoms with van der Waals surface area (Å²) in [6, 6.07) is 15.5. The van der Waals surface area contributed by atoms with Gasteiger partial charge in [-0.2, -0.15) is 0 Å². The van der Waals surface area contributed by atoms with Gasteiger partial charge in [-0.25, -0.2) is 4.98 Å². The van der Waals surface area contributed by atoms with Gasteiger partial charge < -0.3 is 5.32 Å². The summed E-state index contributed by atoms with van der Waals surface area (Å²) in [4.78, 5) is 16.4. The molecule has 0 fully saturated rings. The number of hydrogen-bond donors (Lipinski definition) is 2. The molecule has 2 N–H and O–H groups in total. The third-order valence-electron chi connectivity index (χ3n) is 3.25. The standard InChI is InChI=1S/C17H15BrN4OS/c1-11-2-4-12(5-3-11)16-20-17(22-21-16)24-10-15(23)19-14-8-6-13(18)7-9-14/h2-9H,10H2,1H3,(H,19,23)(H,20,21,22). The van der Waals surface area contributed by atoms with Crippen molar-refractivity contribution in [3.05, 3.63) is 58.6 Å². The first-order valence-corrected chi connectivity index (χ1v) is 9.06. The summed E-state index contributed by atoms with van der Waals surface area (Å²) in [5.74, 6) is 0.858. The summed E-state index contributed by atoms with van der Waals surface area (Å²) < 4.78 is 0.972. The number of carbonyl (C=O) groups is 1. The predicted molar refractivity (Wildman–Crippen MR) is 100 cm³/mol. The van der Waals surface area contributed by atoms with Crippen molar-refractivity contribution in [1.82, 2.24) is 15.2 Å². The number of nitrogens with zero attached hydrogens (tertiary/aromatic N) is 2. The van der Waals surface area contributed by atoms with Crippen molar-refractivity contribution in [3.63, 3.8) is 0 Å². The Bertz CT molecular complexity index is 831. The van der Waals surface area contributed by atoms with E-state index in [2.05, 4.69) is 36.4 Å². The largest absolute Gasteiger partial charge is 0.325 e. The first kappa shape index (κ1) is 16.7. The zero-order valence-electron chi connectivity index (χ0n) is 12.9. The molecule has 1 amide bonds. The predicted octanol–water partition coefficient (Wildman–Crippen LogP) is 4.27. The Labute approximate surface area is 152 Å². The number of H-pyrrole nitrogens is 1. The van der Waals surface area contributed by atoms with E-state index in [1.807, 2.05) is 55.5 Å². The van der Waals surface area contributed by atoms with Gasteiger partial charge in [0.15, 0.2) is 5.82 Å². The smallest absolute Gasteiger partial charge is 0.234 e. The van der Waals surface area contributed by atoms with Gasteiger partial charge >= 0.3 is 0 Å². The Hall–Kier alpha value is -2.12. The first-order valence-electron chi connectivity index (χ1n) is 7.28. The molecule has 3 aromatic rings. The van der Waals surface area contributed by atoms with Crippen LogP contribution in [0.15, 0.2) is 58.2 Å². The average Bonchev–Trinajstić information content (AvgIpc) is 3.05. The Morgan fingerprint density at radius 1 is 1.17 bits per heavy atom. The minimum absolute atomic E-state index is 0.0935. The molecule has 0 saturated carbocycles. The Kier molecular flexibility index (Phi) is 5.32. The average molecular weight is 403 g/mol. The third kappa shape index (κ3) is 4.46. The molecule has 1 aromatic heterocycles. The van der Waals surface area contributed by atoms with Crippen molar-refractivity contribution < 1.29 is 4.79 Å². The molecule has 0 atom stereocenters. The number of aryl methyl sites for hydroxylation is 1. The molecule has 0 aliphatic rings. The van der Waals surface area contributed by atoms with Crippen LogP contribution in [0.3, 0.4) is 0 Å². The zero-order chi connectivity index (χ0) is 16.9. The van der Waals surface area contributed by atoms with E-state index in [9.17, 15) is 4.79 Å². The molecule has 122 valence electrons. The first-order chi connectivity index (χ1) is 11.6. The van der Waals surface area contributed by atoms with E-state index in [0.29, 0.717) is 11.0 Å². The third-order valence-corrected chi connectivity index (χ3v) is 4.63. The molecule has 7 heteroatoms. The monoisotopic (exact) mass is 402 g/mol. The molecule has 0 aliphatic heterocycles. The number of anilines is 1. The SMILES string of the molecule is Cc1ccc(-c2nc(SCC(=O)Nc3ccc(Br)cc3)n[nH]2)cc1. The van der Waals surface area contributed by atoms with Crippen LogP contribution < -0.4 is 5.32 Å². The van der Waals surface area contributed by atoms with Crippen LogP contribution >= 0.6 is 27.7 Å². The van der Waals surface area contributed by atoms with Crippen LogP contribution in [-0.4, -0.2) is 26.8 Å². The van der Waals surface area contributed by atoms with Crippen LogP contribution in [0.2, 0.25) is 0 Å². The highest BCUT2D eigenvalue weighted by Gasteiger charge is 2.09. The maximum absolute atomic E-state index is 12.0. The molecule has 24 heavy (non-hydrogen) atoms. The minimum atomic E-state index is -0.0935. The van der Waals surface area contributed by atoms with E-state index < -0.39 is 0 Å². The van der Waals surface area contributed by atoms with Crippen molar-refractivity contribution in [3.8, 4) is 11.4 Å². The molecule has 0 aliphatic carbocycles. The molecule has 0 unspecified atom stereocenters. The lowest BCUT2D eigenvalue weighted by Crippen LogP contribution is -2.13. The highest BCUT2D eigenvalue weighted by Crippen LogP contribution is 2.20. The fourth-order valence-electron chi connectivity index (χ4n) is 2.01. The Balaban J connectivity index is 1.56. The maximum Gasteiger partial charge on any atom is 0.234 e. The fourth-order valence-corrected chi connectivity index (χ4v) is 2.87. The highest BCUT2D eigenvalue weighted by molar-refractivity contribution is 9.10. The number of benzene rings is 2. The van der Waals surface area contributed by atoms with Gasteiger partial charge in [0.2, 0.25) is 11.1 Å². The van der Waals surface area contributed by atoms with E-state index in [1.54, 1.807) is 0 Å². The molecule has 0 radical (unpaired) electrons. The molecule has 0 saturated heterocycles. The van der Waals surface area contributed by atoms with Crippen molar-refractivity contribution in [1.29, 1.82) is 0 Å². The summed E-state index contributed by atoms with van der Waals surface area (Å²) in [7, 11) is 0. The maximum atomic E-state index is 12.0. The summed E-state index contributed by atoms with van der Waals surface area (Å²) in [6.45, 7) is 2.04. The van der Waals surface area contributed by atoms with Crippen LogP contribution in [0.25, 0.3) is 11.4 Å². The van der Waals surface area contributed by atoms with Crippen LogP contribution in [0, 0.1) is 6.92 Å². The van der Waals surface area contributed by atoms with Crippen LogP contribution in [0.1, 0.15) is 5.56 Å². The van der Waals surface area contributed by atoms with Crippen molar-refractivity contribution in [2.24, 2.45) is 0 Å². The quantitative estimate of drug-likeness (QED) is 0.624. The van der Waals surface area contributed by atoms with E-state index in [1.165, 1.54) is 17.3 Å². The van der Waals surface area contributed by atoms with Gasteiger partial charge in [-0.1, -0.05) is 57.5 Å². The number of aromatic amines is 1. The molecule has 3 rings (SSSR count). The van der Waals surface area contributed by atoms with Crippen LogP contribution in [-0.2, 0) is 4.79 Å². The number of thioether (sulfide) groups is 1. The molecule has 0 spiro atoms. The number of halogens is 1. The normalized spacial score (nSPS) is 10.6. The minimum Gasteiger partial charge on any atom is -0.325 e. The second-order valence-electron chi connectivity index (χ2n) is 5.18. The van der Waals surface area contributed by atoms with Crippen molar-refractivity contribution in [2.45, 2.75) is 12.1 Å². The topological polar surface area (TPSA) is 70.7 Å². The lowest BCUT2D eigenvalue weighted by molar-refractivity contribution is -0.113. The van der Waals surface area contributed by atoms with Gasteiger partial charge in [-0.05, 0) is 31.2 Å². The molecular weight excluding hydrogens is 388 g/mol. The van der Waals surface area contributed by atoms with Gasteiger partial charge in [-0.3, -0.25) is 9.89 Å². The summed E-state index contributed by atoms with van der Waals surface area (Å²) in [6.07, 6.45) is 0. The van der Waals surface area contributed by atoms with E-state index in [0.717, 1.165) is 15.7 Å². The molecule has 1 heterocycles. The van der Waals surface area contributed by atoms with Crippen LogP contribution in [0.5, 0.6) is 0 Å². The second-order valence-corrected chi connectivity index (χ2v) is 7.03. The van der Waals surface area contributed by atoms with Gasteiger partial charge in [0.25, 0.3) is 0 Å². The van der Waals surface area contributed by atoms with E-state index in [4.69, 9.17) is 0 Å². The molecule has 0 bridgehead atoms. The number of nitrogens with one attached hydrogen (secondary N) is 2. The number of hydrogen-bond acceptors (Lipinski definition) is 4. The van der Waals surface area contributed by atoms with E-state index >= 15 is 0 Å². The zero-order valence-corrected chi connectivity index (χ0v) is 15.3. The fraction of sp³-hybridized carbons (Fsp3) is 0.118. The summed E-state index contributed by atoms with van der Waals surface area (Å²) >= 11 is 4.66. The summed E-state index contributed by atoms with van der Waals surface area (Å²) in [5, 5.41) is 10.4. The van der Waals surface area contributed by atoms with E-state index in [-0.39, 0.29) is 11.7 Å². The lowest BCUT2D eigenvalue weighted by atomic mass is 10.1. The Morgan fingerprint density at radius 2 is 1.88 bits per heavy atom. The van der Waals surface area contributed by atoms with Crippen LogP contribution in [0.4, 0.5) is 5.69 Å². The number of rotatable bonds is 5. The van der Waals surface area contributed by atoms with Gasteiger partial charge in [0.1, 0.15) is 0 Å². The number of amides is 1. The molecule has 5 nitrogen and oxygen atoms in total. The number of aromatic nitrogens is 3. The summed E-state index contributed by atoms with van der Waals surface area (Å²) in [5.41, 5.74) is 2.93. The second kappa shape index (κ2) is 7.63.